The zero-order chi connectivity index (χ0) is 30.4. The van der Waals surface area contributed by atoms with E-state index >= 15 is 0 Å². The van der Waals surface area contributed by atoms with Crippen molar-refractivity contribution in [2.45, 2.75) is 90.9 Å². The van der Waals surface area contributed by atoms with Gasteiger partial charge in [-0.1, -0.05) is 71.6 Å². The van der Waals surface area contributed by atoms with Crippen molar-refractivity contribution in [3.63, 3.8) is 0 Å². The number of rotatable bonds is 37. The SMILES string of the molecule is CCCCCCCCCCOCCOCCOCCOCCOCCOCCOCCOCCOC(=O)CCCCC. The summed E-state index contributed by atoms with van der Waals surface area (Å²) in [6.45, 7) is 13.3. The lowest BCUT2D eigenvalue weighted by Gasteiger charge is -2.09. The van der Waals surface area contributed by atoms with Gasteiger partial charge in [0.1, 0.15) is 6.61 Å². The number of hydrogen-bond acceptors (Lipinski definition) is 10. The van der Waals surface area contributed by atoms with E-state index in [-0.39, 0.29) is 5.97 Å². The summed E-state index contributed by atoms with van der Waals surface area (Å²) in [5.41, 5.74) is 0. The molecule has 0 saturated heterocycles. The van der Waals surface area contributed by atoms with E-state index in [1.807, 2.05) is 0 Å². The Kier molecular flexibility index (Phi) is 37.4. The lowest BCUT2D eigenvalue weighted by Crippen LogP contribution is -2.15. The molecule has 0 spiro atoms. The highest BCUT2D eigenvalue weighted by Crippen LogP contribution is 2.08. The van der Waals surface area contributed by atoms with Crippen molar-refractivity contribution in [1.29, 1.82) is 0 Å². The summed E-state index contributed by atoms with van der Waals surface area (Å²) in [5.74, 6) is -0.153. The molecule has 0 amide bonds. The molecule has 0 rings (SSSR count). The van der Waals surface area contributed by atoms with Crippen LogP contribution in [0.25, 0.3) is 0 Å². The number of carbonyl (C=O) groups is 1. The fourth-order valence-electron chi connectivity index (χ4n) is 3.79. The normalized spacial score (nSPS) is 11.4. The largest absolute Gasteiger partial charge is 0.463 e. The lowest BCUT2D eigenvalue weighted by atomic mass is 10.1. The third-order valence-electron chi connectivity index (χ3n) is 6.22. The second-order valence-electron chi connectivity index (χ2n) is 10.1. The van der Waals surface area contributed by atoms with Crippen molar-refractivity contribution in [2.24, 2.45) is 0 Å². The monoisotopic (exact) mass is 608 g/mol. The van der Waals surface area contributed by atoms with Crippen LogP contribution in [0.4, 0.5) is 0 Å². The van der Waals surface area contributed by atoms with Crippen LogP contribution in [0, 0.1) is 0 Å². The average molecular weight is 609 g/mol. The number of esters is 1. The summed E-state index contributed by atoms with van der Waals surface area (Å²) in [6, 6.07) is 0. The number of carbonyl (C=O) groups excluding carboxylic acids is 1. The lowest BCUT2D eigenvalue weighted by molar-refractivity contribution is -0.145. The molecule has 0 aromatic rings. The zero-order valence-electron chi connectivity index (χ0n) is 27.1. The van der Waals surface area contributed by atoms with Crippen LogP contribution in [0.2, 0.25) is 0 Å². The first-order valence-electron chi connectivity index (χ1n) is 16.6. The van der Waals surface area contributed by atoms with Gasteiger partial charge in [0.05, 0.1) is 99.1 Å². The minimum absolute atomic E-state index is 0.153. The van der Waals surface area contributed by atoms with Crippen LogP contribution in [0.3, 0.4) is 0 Å². The van der Waals surface area contributed by atoms with Gasteiger partial charge in [-0.05, 0) is 12.8 Å². The maximum Gasteiger partial charge on any atom is 0.305 e. The molecule has 0 radical (unpaired) electrons. The van der Waals surface area contributed by atoms with E-state index in [1.54, 1.807) is 0 Å². The van der Waals surface area contributed by atoms with Crippen LogP contribution in [0.5, 0.6) is 0 Å². The highest BCUT2D eigenvalue weighted by Gasteiger charge is 2.02. The molecule has 0 aromatic heterocycles. The minimum Gasteiger partial charge on any atom is -0.463 e. The van der Waals surface area contributed by atoms with E-state index in [1.165, 1.54) is 44.9 Å². The predicted molar refractivity (Wildman–Crippen MR) is 164 cm³/mol. The molecule has 0 aromatic carbocycles. The maximum atomic E-state index is 11.4. The van der Waals surface area contributed by atoms with E-state index in [4.69, 9.17) is 42.6 Å². The first kappa shape index (κ1) is 41.1. The molecule has 252 valence electrons. The Hall–Kier alpha value is -0.850. The molecule has 0 bridgehead atoms. The Morgan fingerprint density at radius 3 is 1.00 bits per heavy atom. The van der Waals surface area contributed by atoms with Crippen LogP contribution >= 0.6 is 0 Å². The predicted octanol–water partition coefficient (Wildman–Crippen LogP) is 5.38. The minimum atomic E-state index is -0.153. The zero-order valence-corrected chi connectivity index (χ0v) is 27.1. The van der Waals surface area contributed by atoms with Gasteiger partial charge in [0.25, 0.3) is 0 Å². The van der Waals surface area contributed by atoms with Crippen molar-refractivity contribution in [1.82, 2.24) is 0 Å². The highest BCUT2D eigenvalue weighted by molar-refractivity contribution is 5.69. The maximum absolute atomic E-state index is 11.4. The van der Waals surface area contributed by atoms with E-state index in [0.29, 0.717) is 112 Å². The van der Waals surface area contributed by atoms with Crippen molar-refractivity contribution in [2.75, 3.05) is 112 Å². The van der Waals surface area contributed by atoms with Crippen molar-refractivity contribution < 1.29 is 47.4 Å². The van der Waals surface area contributed by atoms with Crippen LogP contribution < -0.4 is 0 Å². The van der Waals surface area contributed by atoms with Gasteiger partial charge in [-0.25, -0.2) is 0 Å². The van der Waals surface area contributed by atoms with Crippen LogP contribution in [-0.4, -0.2) is 118 Å². The van der Waals surface area contributed by atoms with Gasteiger partial charge < -0.3 is 42.6 Å². The first-order valence-corrected chi connectivity index (χ1v) is 16.6. The molecular weight excluding hydrogens is 544 g/mol. The van der Waals surface area contributed by atoms with Crippen molar-refractivity contribution in [3.8, 4) is 0 Å². The Morgan fingerprint density at radius 1 is 0.333 bits per heavy atom. The van der Waals surface area contributed by atoms with Gasteiger partial charge in [-0.3, -0.25) is 4.79 Å². The molecule has 10 nitrogen and oxygen atoms in total. The summed E-state index contributed by atoms with van der Waals surface area (Å²) >= 11 is 0. The van der Waals surface area contributed by atoms with Gasteiger partial charge in [0, 0.05) is 13.0 Å². The Labute approximate surface area is 256 Å². The third-order valence-corrected chi connectivity index (χ3v) is 6.22. The molecule has 0 aliphatic heterocycles. The molecule has 10 heteroatoms. The average Bonchev–Trinajstić information content (AvgIpc) is 2.99. The molecule has 0 atom stereocenters. The molecule has 0 fully saturated rings. The van der Waals surface area contributed by atoms with Crippen molar-refractivity contribution in [3.05, 3.63) is 0 Å². The summed E-state index contributed by atoms with van der Waals surface area (Å²) in [5, 5.41) is 0. The van der Waals surface area contributed by atoms with Crippen LogP contribution in [-0.2, 0) is 47.4 Å². The third kappa shape index (κ3) is 37.2. The van der Waals surface area contributed by atoms with E-state index in [0.717, 1.165) is 32.3 Å². The number of ether oxygens (including phenoxy) is 9. The van der Waals surface area contributed by atoms with Gasteiger partial charge in [0.15, 0.2) is 0 Å². The van der Waals surface area contributed by atoms with Crippen LogP contribution in [0.15, 0.2) is 0 Å². The smallest absolute Gasteiger partial charge is 0.305 e. The molecule has 0 N–H and O–H groups in total. The van der Waals surface area contributed by atoms with Crippen molar-refractivity contribution >= 4 is 5.97 Å². The highest BCUT2D eigenvalue weighted by atomic mass is 16.6. The summed E-state index contributed by atoms with van der Waals surface area (Å²) in [7, 11) is 0. The molecule has 42 heavy (non-hydrogen) atoms. The summed E-state index contributed by atoms with van der Waals surface area (Å²) < 4.78 is 49.0. The van der Waals surface area contributed by atoms with Crippen LogP contribution in [0.1, 0.15) is 90.9 Å². The Balaban J connectivity index is 3.06. The quantitative estimate of drug-likeness (QED) is 0.0675. The van der Waals surface area contributed by atoms with Gasteiger partial charge in [0.2, 0.25) is 0 Å². The second kappa shape index (κ2) is 38.2. The molecule has 0 aliphatic carbocycles. The molecule has 0 unspecified atom stereocenters. The molecular formula is C32H64O10. The topological polar surface area (TPSA) is 100 Å². The molecule has 0 heterocycles. The van der Waals surface area contributed by atoms with E-state index in [2.05, 4.69) is 13.8 Å². The second-order valence-corrected chi connectivity index (χ2v) is 10.1. The number of unbranched alkanes of at least 4 members (excludes halogenated alkanes) is 9. The Bertz CT molecular complexity index is 510. The first-order chi connectivity index (χ1) is 20.8. The molecule has 0 aliphatic rings. The van der Waals surface area contributed by atoms with Gasteiger partial charge in [-0.15, -0.1) is 0 Å². The van der Waals surface area contributed by atoms with E-state index < -0.39 is 0 Å². The van der Waals surface area contributed by atoms with Gasteiger partial charge in [-0.2, -0.15) is 0 Å². The molecule has 0 saturated carbocycles. The van der Waals surface area contributed by atoms with E-state index in [9.17, 15) is 4.79 Å². The summed E-state index contributed by atoms with van der Waals surface area (Å²) in [4.78, 5) is 11.4. The number of hydrogen-bond donors (Lipinski definition) is 0. The standard InChI is InChI=1S/C32H64O10/c1-3-5-7-8-9-10-11-13-15-34-16-17-35-18-19-36-20-21-37-22-23-38-24-25-39-26-27-40-28-29-41-30-31-42-32(33)14-12-6-4-2/h3-31H2,1-2H3. The summed E-state index contributed by atoms with van der Waals surface area (Å²) in [6.07, 6.45) is 14.1. The fourth-order valence-corrected chi connectivity index (χ4v) is 3.79. The Morgan fingerprint density at radius 2 is 0.619 bits per heavy atom. The fraction of sp³-hybridized carbons (Fsp3) is 0.969. The van der Waals surface area contributed by atoms with Gasteiger partial charge >= 0.3 is 5.97 Å².